The largest absolute Gasteiger partial charge is 0.311 e. The molecule has 32 heavy (non-hydrogen) atoms. The van der Waals surface area contributed by atoms with Gasteiger partial charge in [0.1, 0.15) is 5.82 Å². The molecule has 0 radical (unpaired) electrons. The van der Waals surface area contributed by atoms with Gasteiger partial charge in [-0.05, 0) is 48.4 Å². The first kappa shape index (κ1) is 23.8. The number of nitriles is 1. The van der Waals surface area contributed by atoms with Crippen molar-refractivity contribution < 1.29 is 9.18 Å². The summed E-state index contributed by atoms with van der Waals surface area (Å²) in [5, 5.41) is 10.3. The van der Waals surface area contributed by atoms with Gasteiger partial charge >= 0.3 is 0 Å². The van der Waals surface area contributed by atoms with E-state index in [1.807, 2.05) is 19.9 Å². The second kappa shape index (κ2) is 10.6. The van der Waals surface area contributed by atoms with E-state index in [1.165, 1.54) is 29.2 Å². The number of anilines is 1. The second-order valence-electron chi connectivity index (χ2n) is 7.58. The van der Waals surface area contributed by atoms with Gasteiger partial charge in [0.15, 0.2) is 5.16 Å². The molecule has 1 amide bonds. The highest BCUT2D eigenvalue weighted by molar-refractivity contribution is 7.99. The van der Waals surface area contributed by atoms with Crippen LogP contribution in [0.5, 0.6) is 0 Å². The molecule has 0 bridgehead atoms. The van der Waals surface area contributed by atoms with Crippen molar-refractivity contribution in [2.45, 2.75) is 32.0 Å². The molecule has 1 aromatic heterocycles. The molecule has 6 nitrogen and oxygen atoms in total. The summed E-state index contributed by atoms with van der Waals surface area (Å²) < 4.78 is 14.9. The van der Waals surface area contributed by atoms with E-state index >= 15 is 0 Å². The smallest absolute Gasteiger partial charge is 0.262 e. The van der Waals surface area contributed by atoms with Crippen LogP contribution < -0.4 is 10.5 Å². The fourth-order valence-electron chi connectivity index (χ4n) is 3.19. The molecular weight excluding hydrogens is 451 g/mol. The van der Waals surface area contributed by atoms with E-state index in [4.69, 9.17) is 16.9 Å². The summed E-state index contributed by atoms with van der Waals surface area (Å²) >= 11 is 7.22. The summed E-state index contributed by atoms with van der Waals surface area (Å²) in [6, 6.07) is 12.5. The number of aromatic nitrogens is 2. The summed E-state index contributed by atoms with van der Waals surface area (Å²) in [4.78, 5) is 32.1. The van der Waals surface area contributed by atoms with Crippen molar-refractivity contribution in [1.29, 1.82) is 5.26 Å². The molecule has 0 aliphatic rings. The van der Waals surface area contributed by atoms with Gasteiger partial charge in [-0.25, -0.2) is 9.37 Å². The lowest BCUT2D eigenvalue weighted by atomic mass is 10.2. The predicted molar refractivity (Wildman–Crippen MR) is 126 cm³/mol. The highest BCUT2D eigenvalue weighted by atomic mass is 35.5. The molecule has 0 N–H and O–H groups in total. The van der Waals surface area contributed by atoms with Crippen molar-refractivity contribution >= 4 is 45.9 Å². The Balaban J connectivity index is 1.91. The number of hydrogen-bond acceptors (Lipinski definition) is 5. The number of hydrogen-bond donors (Lipinski definition) is 0. The number of nitrogens with zero attached hydrogens (tertiary/aromatic N) is 4. The Kier molecular flexibility index (Phi) is 7.89. The number of fused-ring (bicyclic) bond motifs is 1. The molecule has 0 saturated carbocycles. The summed E-state index contributed by atoms with van der Waals surface area (Å²) in [7, 11) is 0. The number of benzene rings is 2. The maximum atomic E-state index is 13.3. The van der Waals surface area contributed by atoms with E-state index in [1.54, 1.807) is 22.8 Å². The molecule has 3 aromatic rings. The first-order valence-corrected chi connectivity index (χ1v) is 11.4. The normalized spacial score (nSPS) is 11.0. The monoisotopic (exact) mass is 472 g/mol. The molecule has 0 saturated heterocycles. The third-order valence-corrected chi connectivity index (χ3v) is 5.84. The lowest BCUT2D eigenvalue weighted by molar-refractivity contribution is -0.116. The summed E-state index contributed by atoms with van der Waals surface area (Å²) in [5.41, 5.74) is 0.808. The van der Waals surface area contributed by atoms with E-state index in [2.05, 4.69) is 4.98 Å². The van der Waals surface area contributed by atoms with Crippen LogP contribution in [-0.4, -0.2) is 27.8 Å². The van der Waals surface area contributed by atoms with Gasteiger partial charge in [-0.1, -0.05) is 37.2 Å². The zero-order valence-electron chi connectivity index (χ0n) is 17.7. The van der Waals surface area contributed by atoms with Crippen LogP contribution in [0.3, 0.4) is 0 Å². The quantitative estimate of drug-likeness (QED) is 0.344. The second-order valence-corrected chi connectivity index (χ2v) is 8.96. The molecule has 166 valence electrons. The van der Waals surface area contributed by atoms with Crippen LogP contribution in [0.1, 0.15) is 20.3 Å². The first-order chi connectivity index (χ1) is 15.3. The van der Waals surface area contributed by atoms with Gasteiger partial charge in [0, 0.05) is 23.8 Å². The van der Waals surface area contributed by atoms with Crippen molar-refractivity contribution in [2.24, 2.45) is 5.92 Å². The maximum Gasteiger partial charge on any atom is 0.262 e. The SMILES string of the molecule is CC(C)Cn1c(SCC(=O)N(CCC#N)c2ccc(F)cc2)nc2ccc(Cl)cc2c1=O. The van der Waals surface area contributed by atoms with Crippen molar-refractivity contribution in [3.63, 3.8) is 0 Å². The standard InChI is InChI=1S/C23H22ClFN4O2S/c1-15(2)13-29-22(31)19-12-16(24)4-9-20(19)27-23(29)32-14-21(30)28(11-3-10-26)18-7-5-17(25)6-8-18/h4-9,12,15H,3,11,13-14H2,1-2H3. The Bertz CT molecular complexity index is 1220. The average molecular weight is 473 g/mol. The fourth-order valence-corrected chi connectivity index (χ4v) is 4.25. The molecule has 1 heterocycles. The van der Waals surface area contributed by atoms with Crippen molar-refractivity contribution in [3.05, 3.63) is 63.7 Å². The van der Waals surface area contributed by atoms with E-state index in [-0.39, 0.29) is 36.1 Å². The van der Waals surface area contributed by atoms with Gasteiger partial charge in [0.05, 0.1) is 29.1 Å². The van der Waals surface area contributed by atoms with E-state index in [0.717, 1.165) is 11.8 Å². The Labute approximate surface area is 194 Å². The minimum Gasteiger partial charge on any atom is -0.311 e. The molecule has 9 heteroatoms. The molecule has 0 unspecified atom stereocenters. The van der Waals surface area contributed by atoms with E-state index in [0.29, 0.717) is 33.3 Å². The van der Waals surface area contributed by atoms with Gasteiger partial charge in [0.2, 0.25) is 5.91 Å². The van der Waals surface area contributed by atoms with Crippen LogP contribution in [-0.2, 0) is 11.3 Å². The molecule has 3 rings (SSSR count). The van der Waals surface area contributed by atoms with Crippen molar-refractivity contribution in [3.8, 4) is 6.07 Å². The summed E-state index contributed by atoms with van der Waals surface area (Å²) in [6.45, 7) is 4.61. The maximum absolute atomic E-state index is 13.3. The van der Waals surface area contributed by atoms with Gasteiger partial charge in [0.25, 0.3) is 5.56 Å². The average Bonchev–Trinajstić information content (AvgIpc) is 2.76. The zero-order valence-corrected chi connectivity index (χ0v) is 19.3. The summed E-state index contributed by atoms with van der Waals surface area (Å²) in [5.74, 6) is -0.480. The lowest BCUT2D eigenvalue weighted by Crippen LogP contribution is -2.33. The highest BCUT2D eigenvalue weighted by Crippen LogP contribution is 2.23. The number of halogens is 2. The molecule has 0 atom stereocenters. The number of thioether (sulfide) groups is 1. The Hall–Kier alpha value is -2.89. The van der Waals surface area contributed by atoms with Crippen LogP contribution in [0, 0.1) is 23.1 Å². The summed E-state index contributed by atoms with van der Waals surface area (Å²) in [6.07, 6.45) is 0.140. The van der Waals surface area contributed by atoms with Crippen LogP contribution in [0.4, 0.5) is 10.1 Å². The molecule has 0 aliphatic carbocycles. The van der Waals surface area contributed by atoms with Crippen molar-refractivity contribution in [1.82, 2.24) is 9.55 Å². The molecule has 0 aliphatic heterocycles. The van der Waals surface area contributed by atoms with Crippen molar-refractivity contribution in [2.75, 3.05) is 17.2 Å². The number of carbonyl (C=O) groups is 1. The third-order valence-electron chi connectivity index (χ3n) is 4.64. The molecule has 0 spiro atoms. The molecule has 2 aromatic carbocycles. The van der Waals surface area contributed by atoms with Crippen LogP contribution in [0.2, 0.25) is 5.02 Å². The van der Waals surface area contributed by atoms with Gasteiger partial charge in [-0.15, -0.1) is 0 Å². The Morgan fingerprint density at radius 2 is 2.00 bits per heavy atom. The van der Waals surface area contributed by atoms with Gasteiger partial charge in [-0.2, -0.15) is 5.26 Å². The van der Waals surface area contributed by atoms with Crippen LogP contribution >= 0.6 is 23.4 Å². The number of rotatable bonds is 8. The van der Waals surface area contributed by atoms with E-state index in [9.17, 15) is 14.0 Å². The minimum atomic E-state index is -0.408. The van der Waals surface area contributed by atoms with Gasteiger partial charge in [-0.3, -0.25) is 14.2 Å². The zero-order chi connectivity index (χ0) is 23.3. The first-order valence-electron chi connectivity index (χ1n) is 10.1. The van der Waals surface area contributed by atoms with Crippen LogP contribution in [0.25, 0.3) is 10.9 Å². The Morgan fingerprint density at radius 1 is 1.28 bits per heavy atom. The fraction of sp³-hybridized carbons (Fsp3) is 0.304. The Morgan fingerprint density at radius 3 is 2.66 bits per heavy atom. The third kappa shape index (κ3) is 5.67. The highest BCUT2D eigenvalue weighted by Gasteiger charge is 2.19. The minimum absolute atomic E-state index is 0.00639. The van der Waals surface area contributed by atoms with Gasteiger partial charge < -0.3 is 4.90 Å². The molecule has 0 fully saturated rings. The predicted octanol–water partition coefficient (Wildman–Crippen LogP) is 4.88. The molecular formula is C23H22ClFN4O2S. The number of amides is 1. The van der Waals surface area contributed by atoms with E-state index < -0.39 is 5.82 Å². The number of carbonyl (C=O) groups excluding carboxylic acids is 1. The van der Waals surface area contributed by atoms with Crippen LogP contribution in [0.15, 0.2) is 52.4 Å². The topological polar surface area (TPSA) is 79.0 Å². The lowest BCUT2D eigenvalue weighted by Gasteiger charge is -2.22.